The smallest absolute Gasteiger partial charge is 0.236 e. The van der Waals surface area contributed by atoms with E-state index in [2.05, 4.69) is 45.8 Å². The number of nitrogens with zero attached hydrogens (tertiary/aromatic N) is 2. The zero-order valence-electron chi connectivity index (χ0n) is 15.6. The van der Waals surface area contributed by atoms with E-state index in [0.717, 1.165) is 28.3 Å². The Morgan fingerprint density at radius 2 is 2.00 bits per heavy atom. The van der Waals surface area contributed by atoms with Gasteiger partial charge in [-0.05, 0) is 30.7 Å². The van der Waals surface area contributed by atoms with Gasteiger partial charge >= 0.3 is 0 Å². The largest absolute Gasteiger partial charge is 0.361 e. The number of hydrogen-bond acceptors (Lipinski definition) is 6. The van der Waals surface area contributed by atoms with E-state index in [1.807, 2.05) is 31.4 Å². The minimum absolute atomic E-state index is 0.0591. The van der Waals surface area contributed by atoms with Crippen LogP contribution in [0.3, 0.4) is 0 Å². The van der Waals surface area contributed by atoms with Crippen LogP contribution < -0.4 is 5.32 Å². The van der Waals surface area contributed by atoms with E-state index >= 15 is 0 Å². The molecule has 0 aliphatic heterocycles. The molecule has 7 heteroatoms. The second-order valence-corrected chi connectivity index (χ2v) is 8.29. The van der Waals surface area contributed by atoms with Crippen molar-refractivity contribution in [1.29, 1.82) is 0 Å². The van der Waals surface area contributed by atoms with Crippen molar-refractivity contribution in [2.75, 3.05) is 11.1 Å². The third kappa shape index (κ3) is 4.10. The lowest BCUT2D eigenvalue weighted by Gasteiger charge is -2.03. The number of aromatic nitrogens is 2. The molecule has 2 aromatic carbocycles. The van der Waals surface area contributed by atoms with Crippen LogP contribution in [0.1, 0.15) is 17.0 Å². The van der Waals surface area contributed by atoms with Gasteiger partial charge in [0.05, 0.1) is 17.1 Å². The fourth-order valence-electron chi connectivity index (χ4n) is 2.92. The summed E-state index contributed by atoms with van der Waals surface area (Å²) in [4.78, 5) is 16.8. The molecule has 1 N–H and O–H groups in total. The van der Waals surface area contributed by atoms with Crippen molar-refractivity contribution in [3.63, 3.8) is 0 Å². The molecular formula is C21H19N3O2S2. The molecular weight excluding hydrogens is 390 g/mol. The molecule has 142 valence electrons. The maximum Gasteiger partial charge on any atom is 0.236 e. The average molecular weight is 410 g/mol. The highest BCUT2D eigenvalue weighted by Gasteiger charge is 2.12. The molecule has 0 radical (unpaired) electrons. The summed E-state index contributed by atoms with van der Waals surface area (Å²) in [6.45, 7) is 3.80. The number of aryl methyl sites for hydroxylation is 2. The highest BCUT2D eigenvalue weighted by atomic mass is 32.2. The highest BCUT2D eigenvalue weighted by molar-refractivity contribution is 7.99. The van der Waals surface area contributed by atoms with Crippen molar-refractivity contribution in [2.24, 2.45) is 0 Å². The summed E-state index contributed by atoms with van der Waals surface area (Å²) in [6, 6.07) is 14.5. The lowest BCUT2D eigenvalue weighted by Crippen LogP contribution is -2.14. The van der Waals surface area contributed by atoms with Crippen molar-refractivity contribution in [1.82, 2.24) is 10.1 Å². The summed E-state index contributed by atoms with van der Waals surface area (Å²) >= 11 is 2.97. The van der Waals surface area contributed by atoms with Gasteiger partial charge < -0.3 is 9.84 Å². The molecule has 1 amide bonds. The normalized spacial score (nSPS) is 11.1. The number of hydrogen-bond donors (Lipinski definition) is 1. The van der Waals surface area contributed by atoms with Crippen LogP contribution in [-0.4, -0.2) is 21.8 Å². The number of nitrogens with one attached hydrogen (secondary N) is 1. The molecule has 2 heterocycles. The van der Waals surface area contributed by atoms with Crippen LogP contribution in [0.4, 0.5) is 5.13 Å². The van der Waals surface area contributed by atoms with Crippen molar-refractivity contribution in [3.05, 3.63) is 64.9 Å². The molecule has 0 atom stereocenters. The van der Waals surface area contributed by atoms with E-state index in [9.17, 15) is 4.79 Å². The Balaban J connectivity index is 1.36. The van der Waals surface area contributed by atoms with Gasteiger partial charge in [0.2, 0.25) is 5.91 Å². The first-order valence-electron chi connectivity index (χ1n) is 8.84. The van der Waals surface area contributed by atoms with Crippen molar-refractivity contribution in [3.8, 4) is 11.3 Å². The Hall–Kier alpha value is -2.64. The third-order valence-corrected chi connectivity index (χ3v) is 6.17. The number of thioether (sulfide) groups is 1. The monoisotopic (exact) mass is 409 g/mol. The molecule has 0 aliphatic carbocycles. The average Bonchev–Trinajstić information content (AvgIpc) is 3.29. The predicted octanol–water partition coefficient (Wildman–Crippen LogP) is 5.44. The summed E-state index contributed by atoms with van der Waals surface area (Å²) in [6.07, 6.45) is 0. The van der Waals surface area contributed by atoms with Gasteiger partial charge in [0.25, 0.3) is 0 Å². The van der Waals surface area contributed by atoms with Gasteiger partial charge in [-0.3, -0.25) is 4.79 Å². The number of carbonyl (C=O) groups is 1. The molecule has 4 rings (SSSR count). The molecule has 2 aromatic heterocycles. The van der Waals surface area contributed by atoms with Crippen molar-refractivity contribution in [2.45, 2.75) is 19.6 Å². The summed E-state index contributed by atoms with van der Waals surface area (Å²) in [5.74, 6) is 1.81. The second-order valence-electron chi connectivity index (χ2n) is 6.44. The van der Waals surface area contributed by atoms with Gasteiger partial charge in [-0.2, -0.15) is 0 Å². The first-order chi connectivity index (χ1) is 13.6. The molecule has 0 saturated carbocycles. The van der Waals surface area contributed by atoms with Crippen LogP contribution in [0.2, 0.25) is 0 Å². The zero-order chi connectivity index (χ0) is 19.5. The van der Waals surface area contributed by atoms with E-state index in [-0.39, 0.29) is 5.91 Å². The van der Waals surface area contributed by atoms with Crippen LogP contribution in [0.15, 0.2) is 52.4 Å². The van der Waals surface area contributed by atoms with E-state index in [4.69, 9.17) is 4.52 Å². The summed E-state index contributed by atoms with van der Waals surface area (Å²) in [5.41, 5.74) is 3.86. The van der Waals surface area contributed by atoms with Gasteiger partial charge in [0.1, 0.15) is 5.76 Å². The fourth-order valence-corrected chi connectivity index (χ4v) is 4.63. The number of benzene rings is 2. The van der Waals surface area contributed by atoms with Gasteiger partial charge in [-0.25, -0.2) is 4.98 Å². The van der Waals surface area contributed by atoms with Crippen LogP contribution in [0.25, 0.3) is 22.0 Å². The summed E-state index contributed by atoms with van der Waals surface area (Å²) in [5, 5.41) is 11.8. The van der Waals surface area contributed by atoms with Crippen molar-refractivity contribution >= 4 is 44.9 Å². The van der Waals surface area contributed by atoms with E-state index in [1.54, 1.807) is 0 Å². The van der Waals surface area contributed by atoms with Gasteiger partial charge in [0.15, 0.2) is 5.13 Å². The maximum atomic E-state index is 12.2. The van der Waals surface area contributed by atoms with Gasteiger partial charge in [-0.1, -0.05) is 41.6 Å². The first kappa shape index (κ1) is 18.7. The van der Waals surface area contributed by atoms with Crippen molar-refractivity contribution < 1.29 is 9.32 Å². The van der Waals surface area contributed by atoms with E-state index in [0.29, 0.717) is 16.6 Å². The fraction of sp³-hybridized carbons (Fsp3) is 0.190. The lowest BCUT2D eigenvalue weighted by molar-refractivity contribution is -0.113. The van der Waals surface area contributed by atoms with E-state index in [1.165, 1.54) is 33.9 Å². The minimum Gasteiger partial charge on any atom is -0.361 e. The molecule has 4 aromatic rings. The third-order valence-electron chi connectivity index (χ3n) is 4.46. The first-order valence-corrected chi connectivity index (χ1v) is 10.9. The number of fused-ring (bicyclic) bond motifs is 1. The Morgan fingerprint density at radius 1 is 1.18 bits per heavy atom. The second kappa shape index (κ2) is 8.16. The Labute approximate surface area is 171 Å². The van der Waals surface area contributed by atoms with E-state index < -0.39 is 0 Å². The molecule has 0 unspecified atom stereocenters. The SMILES string of the molecule is Cc1noc(C)c1CSCC(=O)Nc1nc(-c2ccc3ccccc3c2)cs1. The standard InChI is InChI=1S/C21H19N3O2S2/c1-13-18(14(2)26-24-13)10-27-12-20(25)23-21-22-19(11-28-21)17-8-7-15-5-3-4-6-16(15)9-17/h3-9,11H,10,12H2,1-2H3,(H,22,23,25). The molecule has 0 saturated heterocycles. The lowest BCUT2D eigenvalue weighted by atomic mass is 10.1. The number of carbonyl (C=O) groups excluding carboxylic acids is 1. The molecule has 5 nitrogen and oxygen atoms in total. The molecule has 0 fully saturated rings. The highest BCUT2D eigenvalue weighted by Crippen LogP contribution is 2.28. The van der Waals surface area contributed by atoms with Gasteiger partial charge in [-0.15, -0.1) is 23.1 Å². The van der Waals surface area contributed by atoms with Crippen LogP contribution >= 0.6 is 23.1 Å². The maximum absolute atomic E-state index is 12.2. The Bertz CT molecular complexity index is 1110. The number of thiazole rings is 1. The molecule has 28 heavy (non-hydrogen) atoms. The predicted molar refractivity (Wildman–Crippen MR) is 116 cm³/mol. The number of amides is 1. The summed E-state index contributed by atoms with van der Waals surface area (Å²) in [7, 11) is 0. The molecule has 0 spiro atoms. The van der Waals surface area contributed by atoms with Gasteiger partial charge in [0, 0.05) is 22.3 Å². The number of anilines is 1. The zero-order valence-corrected chi connectivity index (χ0v) is 17.2. The summed E-state index contributed by atoms with van der Waals surface area (Å²) < 4.78 is 5.15. The minimum atomic E-state index is -0.0591. The molecule has 0 aliphatic rings. The van der Waals surface area contributed by atoms with Crippen LogP contribution in [-0.2, 0) is 10.5 Å². The van der Waals surface area contributed by atoms with Crippen LogP contribution in [0.5, 0.6) is 0 Å². The Morgan fingerprint density at radius 3 is 2.79 bits per heavy atom. The van der Waals surface area contributed by atoms with Crippen LogP contribution in [0, 0.1) is 13.8 Å². The Kier molecular flexibility index (Phi) is 5.45. The quantitative estimate of drug-likeness (QED) is 0.459. The topological polar surface area (TPSA) is 68.0 Å². The number of rotatable bonds is 6. The molecule has 0 bridgehead atoms.